The minimum Gasteiger partial charge on any atom is -0.486 e. The van der Waals surface area contributed by atoms with Crippen molar-refractivity contribution in [3.63, 3.8) is 0 Å². The van der Waals surface area contributed by atoms with E-state index in [1.165, 1.54) is 0 Å². The zero-order valence-electron chi connectivity index (χ0n) is 15.9. The first-order valence-corrected chi connectivity index (χ1v) is 9.16. The van der Waals surface area contributed by atoms with Crippen LogP contribution in [0.5, 0.6) is 11.6 Å². The lowest BCUT2D eigenvalue weighted by Gasteiger charge is -2.37. The van der Waals surface area contributed by atoms with Crippen molar-refractivity contribution in [1.29, 1.82) is 0 Å². The number of hydrogen-bond acceptors (Lipinski definition) is 5. The third-order valence-electron chi connectivity index (χ3n) is 5.02. The molecule has 0 radical (unpaired) electrons. The molecule has 0 aliphatic carbocycles. The lowest BCUT2D eigenvalue weighted by Crippen LogP contribution is -2.44. The van der Waals surface area contributed by atoms with Gasteiger partial charge in [0.1, 0.15) is 5.82 Å². The second-order valence-electron chi connectivity index (χ2n) is 7.34. The molecule has 1 aliphatic heterocycles. The molecule has 0 N–H and O–H groups in total. The molecule has 7 heteroatoms. The van der Waals surface area contributed by atoms with E-state index in [1.807, 2.05) is 42.9 Å². The van der Waals surface area contributed by atoms with Crippen molar-refractivity contribution in [1.82, 2.24) is 14.5 Å². The largest absolute Gasteiger partial charge is 0.486 e. The van der Waals surface area contributed by atoms with Crippen LogP contribution >= 0.6 is 11.6 Å². The first-order valence-electron chi connectivity index (χ1n) is 8.78. The van der Waals surface area contributed by atoms with Gasteiger partial charge in [-0.1, -0.05) is 24.6 Å². The van der Waals surface area contributed by atoms with E-state index >= 15 is 0 Å². The Morgan fingerprint density at radius 1 is 1.33 bits per heavy atom. The molecule has 3 heterocycles. The number of hydrogen-bond donors (Lipinski definition) is 0. The molecule has 1 aliphatic rings. The number of aryl methyl sites for hydroxylation is 1. The highest BCUT2D eigenvalue weighted by atomic mass is 35.5. The van der Waals surface area contributed by atoms with Crippen LogP contribution in [0.2, 0.25) is 5.02 Å². The average Bonchev–Trinajstić information content (AvgIpc) is 2.98. The Labute approximate surface area is 163 Å². The topological polar surface area (TPSA) is 58.4 Å². The predicted octanol–water partition coefficient (Wildman–Crippen LogP) is 4.02. The van der Waals surface area contributed by atoms with Crippen molar-refractivity contribution in [2.75, 3.05) is 26.9 Å². The Bertz CT molecular complexity index is 1010. The van der Waals surface area contributed by atoms with Gasteiger partial charge in [0, 0.05) is 23.4 Å². The maximum atomic E-state index is 6.72. The molecule has 1 saturated heterocycles. The summed E-state index contributed by atoms with van der Waals surface area (Å²) in [5.74, 6) is 1.81. The third kappa shape index (κ3) is 3.13. The van der Waals surface area contributed by atoms with Crippen LogP contribution in [0.1, 0.15) is 12.7 Å². The minimum absolute atomic E-state index is 0.00260. The van der Waals surface area contributed by atoms with Gasteiger partial charge >= 0.3 is 0 Å². The maximum absolute atomic E-state index is 6.72. The van der Waals surface area contributed by atoms with Crippen molar-refractivity contribution < 1.29 is 14.2 Å². The summed E-state index contributed by atoms with van der Waals surface area (Å²) in [6, 6.07) is 5.96. The molecule has 142 valence electrons. The normalized spacial score (nSPS) is 15.6. The van der Waals surface area contributed by atoms with Gasteiger partial charge in [0.25, 0.3) is 5.88 Å². The van der Waals surface area contributed by atoms with Crippen LogP contribution in [-0.2, 0) is 11.8 Å². The van der Waals surface area contributed by atoms with E-state index in [9.17, 15) is 0 Å². The summed E-state index contributed by atoms with van der Waals surface area (Å²) in [5, 5.41) is 1.32. The zero-order chi connectivity index (χ0) is 19.2. The standard InChI is InChI=1S/C20H22ClN3O3/c1-12-22-8-16(24(12)3)13-5-6-15-14(7-13)17(21)18(19(23-15)25-4)27-11-20(2)9-26-10-20/h5-8H,9-11H2,1-4H3. The number of benzene rings is 1. The highest BCUT2D eigenvalue weighted by Gasteiger charge is 2.35. The van der Waals surface area contributed by atoms with Crippen molar-refractivity contribution in [2.24, 2.45) is 12.5 Å². The second-order valence-corrected chi connectivity index (χ2v) is 7.72. The number of rotatable bonds is 5. The van der Waals surface area contributed by atoms with Crippen LogP contribution in [0.25, 0.3) is 22.2 Å². The number of nitrogens with zero attached hydrogens (tertiary/aromatic N) is 3. The number of fused-ring (bicyclic) bond motifs is 1. The van der Waals surface area contributed by atoms with E-state index in [0.29, 0.717) is 36.5 Å². The van der Waals surface area contributed by atoms with Gasteiger partial charge in [-0.2, -0.15) is 0 Å². The number of methoxy groups -OCH3 is 1. The summed E-state index contributed by atoms with van der Waals surface area (Å²) in [5.41, 5.74) is 2.79. The molecule has 1 fully saturated rings. The average molecular weight is 388 g/mol. The number of ether oxygens (including phenoxy) is 3. The lowest BCUT2D eigenvalue weighted by molar-refractivity contribution is -0.120. The van der Waals surface area contributed by atoms with E-state index in [1.54, 1.807) is 7.11 Å². The quantitative estimate of drug-likeness (QED) is 0.661. The molecule has 1 aromatic carbocycles. The molecular formula is C20H22ClN3O3. The molecule has 0 spiro atoms. The SMILES string of the molecule is COc1nc2ccc(-c3cnc(C)n3C)cc2c(Cl)c1OCC1(C)COC1. The molecule has 0 saturated carbocycles. The third-order valence-corrected chi connectivity index (χ3v) is 5.40. The monoisotopic (exact) mass is 387 g/mol. The zero-order valence-corrected chi connectivity index (χ0v) is 16.6. The highest BCUT2D eigenvalue weighted by Crippen LogP contribution is 2.41. The Morgan fingerprint density at radius 2 is 2.11 bits per heavy atom. The van der Waals surface area contributed by atoms with Gasteiger partial charge in [-0.3, -0.25) is 0 Å². The Morgan fingerprint density at radius 3 is 2.70 bits per heavy atom. The van der Waals surface area contributed by atoms with E-state index in [4.69, 9.17) is 25.8 Å². The summed E-state index contributed by atoms with van der Waals surface area (Å²) in [7, 11) is 3.56. The lowest BCUT2D eigenvalue weighted by atomic mass is 9.90. The van der Waals surface area contributed by atoms with Gasteiger partial charge in [-0.25, -0.2) is 9.97 Å². The van der Waals surface area contributed by atoms with E-state index in [0.717, 1.165) is 28.0 Å². The first kappa shape index (κ1) is 18.1. The van der Waals surface area contributed by atoms with Gasteiger partial charge in [0.05, 0.1) is 49.4 Å². The molecule has 0 unspecified atom stereocenters. The first-order chi connectivity index (χ1) is 12.9. The molecule has 0 amide bonds. The summed E-state index contributed by atoms with van der Waals surface area (Å²) >= 11 is 6.72. The van der Waals surface area contributed by atoms with Crippen LogP contribution in [0.15, 0.2) is 24.4 Å². The van der Waals surface area contributed by atoms with Crippen molar-refractivity contribution in [3.05, 3.63) is 35.2 Å². The van der Waals surface area contributed by atoms with E-state index < -0.39 is 0 Å². The molecule has 0 atom stereocenters. The van der Waals surface area contributed by atoms with Crippen LogP contribution in [0.3, 0.4) is 0 Å². The number of pyridine rings is 1. The smallest absolute Gasteiger partial charge is 0.258 e. The summed E-state index contributed by atoms with van der Waals surface area (Å²) in [6.45, 7) is 5.95. The summed E-state index contributed by atoms with van der Waals surface area (Å²) in [6.07, 6.45) is 1.86. The summed E-state index contributed by atoms with van der Waals surface area (Å²) < 4.78 is 18.8. The molecule has 3 aromatic rings. The molecular weight excluding hydrogens is 366 g/mol. The van der Waals surface area contributed by atoms with Gasteiger partial charge in [-0.05, 0) is 19.1 Å². The summed E-state index contributed by atoms with van der Waals surface area (Å²) in [4.78, 5) is 8.95. The molecule has 0 bridgehead atoms. The van der Waals surface area contributed by atoms with Gasteiger partial charge in [0.15, 0.2) is 0 Å². The highest BCUT2D eigenvalue weighted by molar-refractivity contribution is 6.37. The van der Waals surface area contributed by atoms with Crippen LogP contribution in [0.4, 0.5) is 0 Å². The van der Waals surface area contributed by atoms with Crippen molar-refractivity contribution in [3.8, 4) is 22.9 Å². The van der Waals surface area contributed by atoms with E-state index in [-0.39, 0.29) is 5.41 Å². The molecule has 27 heavy (non-hydrogen) atoms. The molecule has 2 aromatic heterocycles. The number of aromatic nitrogens is 3. The predicted molar refractivity (Wildman–Crippen MR) is 105 cm³/mol. The van der Waals surface area contributed by atoms with Gasteiger partial charge < -0.3 is 18.8 Å². The Hall–Kier alpha value is -2.31. The Kier molecular flexibility index (Phi) is 4.48. The van der Waals surface area contributed by atoms with Crippen molar-refractivity contribution in [2.45, 2.75) is 13.8 Å². The van der Waals surface area contributed by atoms with Crippen LogP contribution in [-0.4, -0.2) is 41.5 Å². The van der Waals surface area contributed by atoms with Gasteiger partial charge in [0.2, 0.25) is 5.75 Å². The van der Waals surface area contributed by atoms with Crippen LogP contribution < -0.4 is 9.47 Å². The maximum Gasteiger partial charge on any atom is 0.258 e. The second kappa shape index (κ2) is 6.69. The van der Waals surface area contributed by atoms with Crippen molar-refractivity contribution >= 4 is 22.5 Å². The molecule has 6 nitrogen and oxygen atoms in total. The fraction of sp³-hybridized carbons (Fsp3) is 0.400. The number of halogens is 1. The molecule has 4 rings (SSSR count). The fourth-order valence-corrected chi connectivity index (χ4v) is 3.45. The van der Waals surface area contributed by atoms with Gasteiger partial charge in [-0.15, -0.1) is 0 Å². The Balaban J connectivity index is 1.78. The van der Waals surface area contributed by atoms with Crippen LogP contribution in [0, 0.1) is 12.3 Å². The number of imidazole rings is 1. The van der Waals surface area contributed by atoms with E-state index in [2.05, 4.69) is 16.9 Å². The fourth-order valence-electron chi connectivity index (χ4n) is 3.16. The minimum atomic E-state index is -0.00260.